The molecule has 0 fully saturated rings. The summed E-state index contributed by atoms with van der Waals surface area (Å²) in [5.41, 5.74) is 4.20. The monoisotopic (exact) mass is 240 g/mol. The van der Waals surface area contributed by atoms with Gasteiger partial charge < -0.3 is 0 Å². The Labute approximate surface area is 110 Å². The van der Waals surface area contributed by atoms with Crippen molar-refractivity contribution in [1.29, 1.82) is 0 Å². The number of allylic oxidation sites excluding steroid dienone is 3. The van der Waals surface area contributed by atoms with Crippen LogP contribution >= 0.6 is 0 Å². The van der Waals surface area contributed by atoms with Crippen molar-refractivity contribution in [2.45, 2.75) is 32.7 Å². The molecule has 0 spiro atoms. The average Bonchev–Trinajstić information content (AvgIpc) is 2.45. The topological polar surface area (TPSA) is 3.01 Å². The van der Waals surface area contributed by atoms with Gasteiger partial charge in [-0.1, -0.05) is 36.4 Å². The Morgan fingerprint density at radius 2 is 1.83 bits per heavy atom. The summed E-state index contributed by atoms with van der Waals surface area (Å²) in [5.74, 6) is 0. The fraction of sp³-hybridized carbons (Fsp3) is 0.353. The minimum absolute atomic E-state index is 0.0710. The minimum Gasteiger partial charge on any atom is -0.227 e. The minimum atomic E-state index is 0.0710. The number of benzene rings is 1. The highest BCUT2D eigenvalue weighted by Crippen LogP contribution is 2.16. The normalized spacial score (nSPS) is 18.0. The summed E-state index contributed by atoms with van der Waals surface area (Å²) in [6.45, 7) is 6.67. The lowest BCUT2D eigenvalue weighted by atomic mass is 10.0. The number of likely N-dealkylation sites (N-methyl/N-ethyl adjacent to an activating group) is 1. The second-order valence-corrected chi connectivity index (χ2v) is 5.53. The number of nitrogens with zero attached hydrogens (tertiary/aromatic N) is 1. The van der Waals surface area contributed by atoms with Gasteiger partial charge >= 0.3 is 0 Å². The predicted molar refractivity (Wildman–Crippen MR) is 78.4 cm³/mol. The number of aryl methyl sites for hydroxylation is 1. The fourth-order valence-corrected chi connectivity index (χ4v) is 2.23. The van der Waals surface area contributed by atoms with Crippen LogP contribution in [0.1, 0.15) is 25.0 Å². The first-order chi connectivity index (χ1) is 8.50. The Morgan fingerprint density at radius 1 is 1.11 bits per heavy atom. The predicted octanol–water partition coefficient (Wildman–Crippen LogP) is 3.53. The van der Waals surface area contributed by atoms with E-state index in [1.807, 2.05) is 0 Å². The molecule has 0 aromatic heterocycles. The summed E-state index contributed by atoms with van der Waals surface area (Å²) < 4.78 is 2.36. The molecule has 0 atom stereocenters. The Balaban J connectivity index is 2.36. The Morgan fingerprint density at radius 3 is 2.56 bits per heavy atom. The molecule has 0 N–H and O–H groups in total. The van der Waals surface area contributed by atoms with Crippen molar-refractivity contribution in [3.05, 3.63) is 59.7 Å². The van der Waals surface area contributed by atoms with Crippen LogP contribution in [-0.4, -0.2) is 22.9 Å². The highest BCUT2D eigenvalue weighted by Gasteiger charge is 2.27. The molecule has 0 unspecified atom stereocenters. The van der Waals surface area contributed by atoms with Gasteiger partial charge in [0.15, 0.2) is 11.3 Å². The van der Waals surface area contributed by atoms with E-state index in [4.69, 9.17) is 0 Å². The van der Waals surface area contributed by atoms with Crippen LogP contribution in [0.25, 0.3) is 0 Å². The molecule has 0 saturated carbocycles. The molecular formula is C17H22N+. The van der Waals surface area contributed by atoms with Gasteiger partial charge in [-0.15, -0.1) is 0 Å². The molecule has 94 valence electrons. The molecule has 0 saturated heterocycles. The first kappa shape index (κ1) is 12.8. The lowest BCUT2D eigenvalue weighted by molar-refractivity contribution is -0.560. The van der Waals surface area contributed by atoms with Crippen LogP contribution in [0.2, 0.25) is 0 Å². The largest absolute Gasteiger partial charge is 0.227 e. The van der Waals surface area contributed by atoms with Gasteiger partial charge in [-0.05, 0) is 24.1 Å². The Kier molecular flexibility index (Phi) is 3.51. The van der Waals surface area contributed by atoms with Crippen LogP contribution < -0.4 is 0 Å². The lowest BCUT2D eigenvalue weighted by Gasteiger charge is -2.17. The number of rotatable bonds is 2. The van der Waals surface area contributed by atoms with Crippen LogP contribution in [-0.2, 0) is 6.42 Å². The molecule has 1 aromatic carbocycles. The van der Waals surface area contributed by atoms with Crippen LogP contribution in [0, 0.1) is 6.92 Å². The molecule has 0 amide bonds. The molecular weight excluding hydrogens is 218 g/mol. The molecule has 2 rings (SSSR count). The molecule has 0 bridgehead atoms. The second kappa shape index (κ2) is 4.93. The maximum atomic E-state index is 2.36. The van der Waals surface area contributed by atoms with Gasteiger partial charge in [0.1, 0.15) is 7.05 Å². The Bertz CT molecular complexity index is 530. The van der Waals surface area contributed by atoms with Gasteiger partial charge in [-0.3, -0.25) is 0 Å². The van der Waals surface area contributed by atoms with E-state index in [-0.39, 0.29) is 5.54 Å². The van der Waals surface area contributed by atoms with Crippen molar-refractivity contribution in [3.63, 3.8) is 0 Å². The van der Waals surface area contributed by atoms with Gasteiger partial charge in [-0.25, -0.2) is 4.58 Å². The van der Waals surface area contributed by atoms with Crippen molar-refractivity contribution < 1.29 is 4.58 Å². The van der Waals surface area contributed by atoms with Crippen LogP contribution in [0.15, 0.2) is 48.6 Å². The number of hydrogen-bond donors (Lipinski definition) is 0. The number of hydrogen-bond acceptors (Lipinski definition) is 0. The van der Waals surface area contributed by atoms with E-state index in [0.717, 1.165) is 6.42 Å². The van der Waals surface area contributed by atoms with Gasteiger partial charge in [-0.2, -0.15) is 0 Å². The molecule has 1 aliphatic heterocycles. The van der Waals surface area contributed by atoms with Crippen LogP contribution in [0.3, 0.4) is 0 Å². The van der Waals surface area contributed by atoms with Crippen molar-refractivity contribution in [1.82, 2.24) is 0 Å². The van der Waals surface area contributed by atoms with E-state index in [1.165, 1.54) is 16.8 Å². The highest BCUT2D eigenvalue weighted by atomic mass is 15.1. The van der Waals surface area contributed by atoms with E-state index < -0.39 is 0 Å². The molecule has 0 aliphatic carbocycles. The van der Waals surface area contributed by atoms with Gasteiger partial charge in [0.2, 0.25) is 0 Å². The first-order valence-electron chi connectivity index (χ1n) is 6.51. The molecule has 18 heavy (non-hydrogen) atoms. The van der Waals surface area contributed by atoms with E-state index in [1.54, 1.807) is 0 Å². The summed E-state index contributed by atoms with van der Waals surface area (Å²) in [7, 11) is 2.17. The van der Waals surface area contributed by atoms with Crippen LogP contribution in [0.5, 0.6) is 0 Å². The molecule has 1 aromatic rings. The van der Waals surface area contributed by atoms with Crippen molar-refractivity contribution in [2.24, 2.45) is 0 Å². The SMILES string of the molecule is Cc1ccccc1CC1=[N+](C)C(C)(C)C=CC=C1. The maximum Gasteiger partial charge on any atom is 0.180 e. The summed E-state index contributed by atoms with van der Waals surface area (Å²) in [4.78, 5) is 0. The summed E-state index contributed by atoms with van der Waals surface area (Å²) in [6, 6.07) is 8.61. The van der Waals surface area contributed by atoms with Gasteiger partial charge in [0.05, 0.1) is 6.42 Å². The van der Waals surface area contributed by atoms with Crippen molar-refractivity contribution in [2.75, 3.05) is 7.05 Å². The molecule has 1 heteroatoms. The zero-order valence-corrected chi connectivity index (χ0v) is 11.8. The first-order valence-corrected chi connectivity index (χ1v) is 6.51. The lowest BCUT2D eigenvalue weighted by Crippen LogP contribution is -2.35. The van der Waals surface area contributed by atoms with E-state index >= 15 is 0 Å². The maximum absolute atomic E-state index is 2.36. The molecule has 1 nitrogen and oxygen atoms in total. The zero-order chi connectivity index (χ0) is 13.2. The quantitative estimate of drug-likeness (QED) is 0.696. The zero-order valence-electron chi connectivity index (χ0n) is 11.8. The van der Waals surface area contributed by atoms with E-state index in [0.29, 0.717) is 0 Å². The Hall–Kier alpha value is -1.63. The average molecular weight is 240 g/mol. The van der Waals surface area contributed by atoms with Crippen molar-refractivity contribution in [3.8, 4) is 0 Å². The third kappa shape index (κ3) is 2.61. The second-order valence-electron chi connectivity index (χ2n) is 5.53. The summed E-state index contributed by atoms with van der Waals surface area (Å²) in [5, 5.41) is 0. The smallest absolute Gasteiger partial charge is 0.180 e. The standard InChI is InChI=1S/C17H22N/c1-14-9-5-6-10-15(14)13-16-11-7-8-12-17(2,3)18(16)4/h5-12H,13H2,1-4H3/q+1. The third-order valence-electron chi connectivity index (χ3n) is 3.83. The molecule has 0 radical (unpaired) electrons. The van der Waals surface area contributed by atoms with Gasteiger partial charge in [0.25, 0.3) is 0 Å². The van der Waals surface area contributed by atoms with Crippen molar-refractivity contribution >= 4 is 5.71 Å². The highest BCUT2D eigenvalue weighted by molar-refractivity contribution is 5.93. The third-order valence-corrected chi connectivity index (χ3v) is 3.83. The fourth-order valence-electron chi connectivity index (χ4n) is 2.23. The molecule has 1 heterocycles. The van der Waals surface area contributed by atoms with Crippen LogP contribution in [0.4, 0.5) is 0 Å². The summed E-state index contributed by atoms with van der Waals surface area (Å²) >= 11 is 0. The molecule has 1 aliphatic rings. The van der Waals surface area contributed by atoms with E-state index in [9.17, 15) is 0 Å². The van der Waals surface area contributed by atoms with E-state index in [2.05, 4.69) is 81.0 Å². The van der Waals surface area contributed by atoms with Gasteiger partial charge in [0, 0.05) is 19.9 Å². The summed E-state index contributed by atoms with van der Waals surface area (Å²) in [6.07, 6.45) is 9.73.